The molecular weight excluding hydrogens is 353 g/mol. The Kier molecular flexibility index (Phi) is 5.89. The first-order valence-electron chi connectivity index (χ1n) is 8.68. The predicted octanol–water partition coefficient (Wildman–Crippen LogP) is 3.47. The molecule has 122 valence electrons. The van der Waals surface area contributed by atoms with E-state index in [0.717, 1.165) is 19.4 Å². The molecule has 3 rings (SSSR count). The number of benzene rings is 3. The van der Waals surface area contributed by atoms with Gasteiger partial charge in [-0.25, -0.2) is 0 Å². The normalized spacial score (nSPS) is 11.4. The Balaban J connectivity index is 2.20. The third kappa shape index (κ3) is 3.47. The van der Waals surface area contributed by atoms with E-state index in [2.05, 4.69) is 97.9 Å². The van der Waals surface area contributed by atoms with Crippen molar-refractivity contribution in [3.63, 3.8) is 0 Å². The van der Waals surface area contributed by atoms with E-state index in [-0.39, 0.29) is 0 Å². The van der Waals surface area contributed by atoms with Crippen LogP contribution in [0.3, 0.4) is 0 Å². The van der Waals surface area contributed by atoms with Crippen molar-refractivity contribution in [3.05, 3.63) is 91.0 Å². The molecule has 0 saturated heterocycles. The van der Waals surface area contributed by atoms with Gasteiger partial charge in [0.2, 0.25) is 0 Å². The maximum absolute atomic E-state index is 6.82. The van der Waals surface area contributed by atoms with Crippen molar-refractivity contribution in [2.24, 2.45) is 0 Å². The van der Waals surface area contributed by atoms with Crippen LogP contribution in [0, 0.1) is 0 Å². The molecule has 0 bridgehead atoms. The van der Waals surface area contributed by atoms with Crippen LogP contribution in [-0.2, 0) is 3.76 Å². The van der Waals surface area contributed by atoms with Crippen LogP contribution >= 0.6 is 0 Å². The van der Waals surface area contributed by atoms with Gasteiger partial charge in [0.05, 0.1) is 0 Å². The van der Waals surface area contributed by atoms with Crippen LogP contribution in [0.2, 0.25) is 0 Å². The summed E-state index contributed by atoms with van der Waals surface area (Å²) < 4.78 is 10.9. The summed E-state index contributed by atoms with van der Waals surface area (Å²) in [4.78, 5) is 0. The molecule has 0 aliphatic carbocycles. The zero-order chi connectivity index (χ0) is 16.7. The molecule has 0 fully saturated rings. The van der Waals surface area contributed by atoms with Crippen molar-refractivity contribution < 1.29 is 3.76 Å². The van der Waals surface area contributed by atoms with Gasteiger partial charge in [-0.05, 0) is 0 Å². The summed E-state index contributed by atoms with van der Waals surface area (Å²) in [5, 5.41) is 0. The molecule has 1 nitrogen and oxygen atoms in total. The van der Waals surface area contributed by atoms with E-state index in [0.29, 0.717) is 0 Å². The van der Waals surface area contributed by atoms with Crippen molar-refractivity contribution >= 4 is 26.8 Å². The van der Waals surface area contributed by atoms with E-state index >= 15 is 0 Å². The third-order valence-corrected chi connectivity index (χ3v) is 12.9. The molecule has 0 unspecified atom stereocenters. The van der Waals surface area contributed by atoms with Crippen molar-refractivity contribution in [1.82, 2.24) is 0 Å². The number of rotatable bonds is 7. The van der Waals surface area contributed by atoms with Crippen LogP contribution in [-0.4, -0.2) is 20.2 Å². The summed E-state index contributed by atoms with van der Waals surface area (Å²) in [6.45, 7) is 3.03. The van der Waals surface area contributed by atoms with Gasteiger partial charge >= 0.3 is 148 Å². The molecule has 0 atom stereocenters. The van der Waals surface area contributed by atoms with Gasteiger partial charge < -0.3 is 0 Å². The summed E-state index contributed by atoms with van der Waals surface area (Å²) in [7, 11) is 0. The van der Waals surface area contributed by atoms with Gasteiger partial charge in [0.25, 0.3) is 0 Å². The van der Waals surface area contributed by atoms with E-state index in [1.54, 1.807) is 0 Å². The number of hydrogen-bond donors (Lipinski definition) is 0. The van der Waals surface area contributed by atoms with Gasteiger partial charge in [-0.3, -0.25) is 0 Å². The van der Waals surface area contributed by atoms with Crippen LogP contribution in [0.25, 0.3) is 0 Å². The molecule has 0 spiro atoms. The maximum atomic E-state index is 6.82. The summed E-state index contributed by atoms with van der Waals surface area (Å²) in [6, 6.07) is 32.5. The molecular formula is C22H24GeO. The van der Waals surface area contributed by atoms with Crippen LogP contribution in [0.15, 0.2) is 91.0 Å². The Labute approximate surface area is 148 Å². The molecule has 0 aromatic heterocycles. The second kappa shape index (κ2) is 8.32. The van der Waals surface area contributed by atoms with Gasteiger partial charge in [-0.1, -0.05) is 0 Å². The average Bonchev–Trinajstić information content (AvgIpc) is 2.68. The fourth-order valence-corrected chi connectivity index (χ4v) is 11.4. The molecule has 0 aliphatic rings. The number of unbranched alkanes of at least 4 members (excludes halogenated alkanes) is 1. The minimum absolute atomic E-state index is 0.815. The van der Waals surface area contributed by atoms with Gasteiger partial charge in [0, 0.05) is 0 Å². The van der Waals surface area contributed by atoms with Crippen LogP contribution in [0.1, 0.15) is 19.8 Å². The molecule has 2 heteroatoms. The summed E-state index contributed by atoms with van der Waals surface area (Å²) in [5.41, 5.74) is 0. The second-order valence-corrected chi connectivity index (χ2v) is 13.1. The first kappa shape index (κ1) is 17.0. The predicted molar refractivity (Wildman–Crippen MR) is 105 cm³/mol. The fourth-order valence-electron chi connectivity index (χ4n) is 3.14. The second-order valence-electron chi connectivity index (χ2n) is 5.98. The Morgan fingerprint density at radius 3 is 1.33 bits per heavy atom. The van der Waals surface area contributed by atoms with E-state index in [1.165, 1.54) is 13.2 Å². The summed E-state index contributed by atoms with van der Waals surface area (Å²) >= 11 is -3.12. The fraction of sp³-hybridized carbons (Fsp3) is 0.182. The van der Waals surface area contributed by atoms with Gasteiger partial charge in [-0.2, -0.15) is 0 Å². The van der Waals surface area contributed by atoms with Crippen LogP contribution < -0.4 is 13.2 Å². The topological polar surface area (TPSA) is 9.23 Å². The Hall–Kier alpha value is -1.84. The van der Waals surface area contributed by atoms with E-state index in [9.17, 15) is 0 Å². The Morgan fingerprint density at radius 1 is 0.625 bits per heavy atom. The molecule has 0 heterocycles. The number of hydrogen-bond acceptors (Lipinski definition) is 1. The third-order valence-electron chi connectivity index (χ3n) is 4.36. The first-order chi connectivity index (χ1) is 11.9. The monoisotopic (exact) mass is 378 g/mol. The van der Waals surface area contributed by atoms with E-state index in [4.69, 9.17) is 3.76 Å². The standard InChI is InChI=1S/C22H24GeO/c1-2-3-19-24-23(20-13-7-4-8-14-20,21-15-9-5-10-16-21)22-17-11-6-12-18-22/h4-18H,2-3,19H2,1H3. The molecule has 0 saturated carbocycles. The molecule has 0 aliphatic heterocycles. The molecule has 0 amide bonds. The quantitative estimate of drug-likeness (QED) is 0.453. The first-order valence-corrected chi connectivity index (χ1v) is 12.7. The zero-order valence-electron chi connectivity index (χ0n) is 14.2. The van der Waals surface area contributed by atoms with Crippen LogP contribution in [0.5, 0.6) is 0 Å². The van der Waals surface area contributed by atoms with Gasteiger partial charge in [0.15, 0.2) is 0 Å². The Bertz CT molecular complexity index is 629. The van der Waals surface area contributed by atoms with Crippen molar-refractivity contribution in [2.75, 3.05) is 6.61 Å². The van der Waals surface area contributed by atoms with Gasteiger partial charge in [0.1, 0.15) is 0 Å². The molecule has 24 heavy (non-hydrogen) atoms. The molecule has 0 N–H and O–H groups in total. The van der Waals surface area contributed by atoms with Crippen molar-refractivity contribution in [3.8, 4) is 0 Å². The summed E-state index contributed by atoms with van der Waals surface area (Å²) in [5.74, 6) is 0. The van der Waals surface area contributed by atoms with Gasteiger partial charge in [-0.15, -0.1) is 0 Å². The Morgan fingerprint density at radius 2 is 1.00 bits per heavy atom. The molecule has 0 radical (unpaired) electrons. The average molecular weight is 377 g/mol. The van der Waals surface area contributed by atoms with E-state index < -0.39 is 13.6 Å². The van der Waals surface area contributed by atoms with E-state index in [1.807, 2.05) is 0 Å². The van der Waals surface area contributed by atoms with Crippen molar-refractivity contribution in [1.29, 1.82) is 0 Å². The van der Waals surface area contributed by atoms with Crippen LogP contribution in [0.4, 0.5) is 0 Å². The minimum atomic E-state index is -3.12. The SMILES string of the molecule is CCCC[O][Ge]([c]1ccccc1)([c]1ccccc1)[c]1ccccc1. The summed E-state index contributed by atoms with van der Waals surface area (Å²) in [6.07, 6.45) is 2.25. The van der Waals surface area contributed by atoms with Crippen molar-refractivity contribution in [2.45, 2.75) is 19.8 Å². The molecule has 3 aromatic carbocycles. The molecule has 3 aromatic rings. The zero-order valence-corrected chi connectivity index (χ0v) is 16.3.